The molecule has 3 rings (SSSR count). The fraction of sp³-hybridized carbons (Fsp3) is 0.714. The molecule has 3 heterocycles. The van der Waals surface area contributed by atoms with Gasteiger partial charge >= 0.3 is 33.3 Å². The second-order valence-corrected chi connectivity index (χ2v) is 23.3. The third kappa shape index (κ3) is 32.3. The van der Waals surface area contributed by atoms with Crippen molar-refractivity contribution in [1.82, 2.24) is 9.55 Å². The van der Waals surface area contributed by atoms with Crippen LogP contribution in [0.3, 0.4) is 0 Å². The van der Waals surface area contributed by atoms with Gasteiger partial charge in [0, 0.05) is 19.0 Å². The number of nitrogen functional groups attached to an aromatic ring is 1. The molecule has 0 aromatic carbocycles. The Morgan fingerprint density at radius 3 is 1.75 bits per heavy atom. The van der Waals surface area contributed by atoms with Gasteiger partial charge in [0.2, 0.25) is 0 Å². The standard InChI is InChI=1S/C56H93N3O16P2/c1-4-5-30-36-47-48(73-47)37-32-27-23-19-15-12-13-16-20-24-28-33-38-51(60)69-42-46(72-52(61)39-34-29-25-21-17-11-9-7-6-8-10-14-18-22-26-31-35-45(2)3)43-70-76(65,66)75-77(67,68)71-44-49-53(62)54(63)55(74-49)59-41-40-50(57)58-56(59)64/h5,13,15-16,19,24,27-28,30,32,40-41,45-49,53-55,62-63H,4,6-12,14,17-18,20-23,25-26,29,31,33-39,42-44H2,1-3H3,(H,65,66)(H,67,68)(H2,57,58,64)/b16-13-,19-15-,28-24-,30-5-,32-27-/t46-,47?,48?,49-,53-,54-,55-/m1/s1. The Kier molecular flexibility index (Phi) is 34.9. The van der Waals surface area contributed by atoms with Gasteiger partial charge < -0.3 is 44.7 Å². The first kappa shape index (κ1) is 67.7. The highest BCUT2D eigenvalue weighted by molar-refractivity contribution is 7.61. The number of carbonyl (C=O) groups is 2. The third-order valence-corrected chi connectivity index (χ3v) is 15.6. The number of nitrogens with zero attached hydrogens (tertiary/aromatic N) is 2. The highest BCUT2D eigenvalue weighted by Crippen LogP contribution is 2.60. The minimum atomic E-state index is -5.44. The Labute approximate surface area is 457 Å². The first-order valence-electron chi connectivity index (χ1n) is 28.3. The number of aliphatic hydroxyl groups excluding tert-OH is 2. The molecule has 6 N–H and O–H groups in total. The van der Waals surface area contributed by atoms with Crippen LogP contribution in [-0.4, -0.2) is 97.9 Å². The number of epoxide rings is 1. The molecule has 0 spiro atoms. The second kappa shape index (κ2) is 39.7. The summed E-state index contributed by atoms with van der Waals surface area (Å²) in [6, 6.07) is 1.25. The molecule has 9 atom stereocenters. The summed E-state index contributed by atoms with van der Waals surface area (Å²) < 4.78 is 62.6. The molecule has 0 radical (unpaired) electrons. The van der Waals surface area contributed by atoms with Gasteiger partial charge in [0.05, 0.1) is 25.4 Å². The summed E-state index contributed by atoms with van der Waals surface area (Å²) >= 11 is 0. The van der Waals surface area contributed by atoms with Crippen LogP contribution >= 0.6 is 15.6 Å². The van der Waals surface area contributed by atoms with Crippen LogP contribution in [0.25, 0.3) is 0 Å². The van der Waals surface area contributed by atoms with Gasteiger partial charge in [-0.05, 0) is 63.4 Å². The van der Waals surface area contributed by atoms with Crippen molar-refractivity contribution in [2.75, 3.05) is 25.6 Å². The monoisotopic (exact) mass is 1130 g/mol. The number of carbonyl (C=O) groups excluding carboxylic acids is 2. The molecule has 0 aliphatic carbocycles. The maximum absolute atomic E-state index is 12.9. The lowest BCUT2D eigenvalue weighted by Crippen LogP contribution is -2.36. The number of aliphatic hydroxyl groups is 2. The molecule has 77 heavy (non-hydrogen) atoms. The molecule has 2 aliphatic rings. The number of unbranched alkanes of at least 4 members (excludes halogenated alkanes) is 15. The topological polar surface area (TPSA) is 278 Å². The molecule has 0 bridgehead atoms. The largest absolute Gasteiger partial charge is 0.481 e. The van der Waals surface area contributed by atoms with Crippen molar-refractivity contribution in [3.05, 3.63) is 83.5 Å². The zero-order chi connectivity index (χ0) is 56.2. The fourth-order valence-corrected chi connectivity index (χ4v) is 10.6. The summed E-state index contributed by atoms with van der Waals surface area (Å²) in [5, 5.41) is 21.0. The zero-order valence-electron chi connectivity index (χ0n) is 46.1. The number of hydrogen-bond donors (Lipinski definition) is 5. The van der Waals surface area contributed by atoms with E-state index in [1.807, 2.05) is 18.2 Å². The van der Waals surface area contributed by atoms with Gasteiger partial charge in [0.1, 0.15) is 30.7 Å². The van der Waals surface area contributed by atoms with E-state index < -0.39 is 83.7 Å². The number of hydrogen-bond acceptors (Lipinski definition) is 16. The van der Waals surface area contributed by atoms with Crippen molar-refractivity contribution in [2.45, 2.75) is 231 Å². The molecule has 21 heteroatoms. The quantitative estimate of drug-likeness (QED) is 0.0133. The van der Waals surface area contributed by atoms with E-state index in [1.165, 1.54) is 83.1 Å². The lowest BCUT2D eigenvalue weighted by atomic mass is 10.0. The average molecular weight is 1130 g/mol. The summed E-state index contributed by atoms with van der Waals surface area (Å²) in [5.74, 6) is -0.594. The van der Waals surface area contributed by atoms with E-state index in [9.17, 15) is 43.5 Å². The molecule has 0 amide bonds. The predicted octanol–water partition coefficient (Wildman–Crippen LogP) is 11.5. The summed E-state index contributed by atoms with van der Waals surface area (Å²) in [4.78, 5) is 62.1. The van der Waals surface area contributed by atoms with Crippen LogP contribution in [0, 0.1) is 5.92 Å². The second-order valence-electron chi connectivity index (χ2n) is 20.3. The highest BCUT2D eigenvalue weighted by Gasteiger charge is 2.46. The van der Waals surface area contributed by atoms with Crippen LogP contribution < -0.4 is 11.4 Å². The summed E-state index contributed by atoms with van der Waals surface area (Å²) in [5.41, 5.74) is 4.59. The van der Waals surface area contributed by atoms with Crippen molar-refractivity contribution >= 4 is 33.4 Å². The van der Waals surface area contributed by atoms with Crippen molar-refractivity contribution in [2.24, 2.45) is 5.92 Å². The Bertz CT molecular complexity index is 2110. The molecule has 2 aliphatic heterocycles. The van der Waals surface area contributed by atoms with Crippen LogP contribution in [0.15, 0.2) is 77.8 Å². The van der Waals surface area contributed by atoms with Gasteiger partial charge in [0.25, 0.3) is 0 Å². The lowest BCUT2D eigenvalue weighted by Gasteiger charge is -2.21. The van der Waals surface area contributed by atoms with Gasteiger partial charge in [-0.1, -0.05) is 184 Å². The molecule has 2 saturated heterocycles. The Morgan fingerprint density at radius 2 is 1.19 bits per heavy atom. The molecule has 0 saturated carbocycles. The van der Waals surface area contributed by atoms with Crippen molar-refractivity contribution in [3.8, 4) is 0 Å². The zero-order valence-corrected chi connectivity index (χ0v) is 47.9. The first-order chi connectivity index (χ1) is 37.0. The normalized spacial score (nSPS) is 21.8. The van der Waals surface area contributed by atoms with Crippen molar-refractivity contribution in [3.63, 3.8) is 0 Å². The number of aromatic nitrogens is 2. The Hall–Kier alpha value is -3.58. The molecule has 19 nitrogen and oxygen atoms in total. The number of phosphoric acid groups is 2. The number of nitrogens with two attached hydrogens (primary N) is 1. The van der Waals surface area contributed by atoms with E-state index in [4.69, 9.17) is 33.7 Å². The molecule has 1 aromatic heterocycles. The molecular weight excluding hydrogens is 1030 g/mol. The molecule has 4 unspecified atom stereocenters. The van der Waals surface area contributed by atoms with Crippen LogP contribution in [0.1, 0.15) is 194 Å². The summed E-state index contributed by atoms with van der Waals surface area (Å²) in [6.07, 6.45) is 40.6. The minimum Gasteiger partial charge on any atom is -0.462 e. The van der Waals surface area contributed by atoms with E-state index in [2.05, 4.69) is 72.6 Å². The maximum atomic E-state index is 12.9. The maximum Gasteiger partial charge on any atom is 0.481 e. The number of allylic oxidation sites excluding steroid dienone is 8. The molecule has 2 fully saturated rings. The molecule has 438 valence electrons. The van der Waals surface area contributed by atoms with Crippen LogP contribution in [-0.2, 0) is 51.0 Å². The fourth-order valence-electron chi connectivity index (χ4n) is 8.51. The Morgan fingerprint density at radius 1 is 0.675 bits per heavy atom. The summed E-state index contributed by atoms with van der Waals surface area (Å²) in [7, 11) is -10.9. The van der Waals surface area contributed by atoms with Crippen LogP contribution in [0.2, 0.25) is 0 Å². The van der Waals surface area contributed by atoms with E-state index in [1.54, 1.807) is 0 Å². The first-order valence-corrected chi connectivity index (χ1v) is 31.3. The number of phosphoric ester groups is 2. The SMILES string of the molecule is CC/C=C\CC1OC1C/C=C\C/C=C\C/C=C\C/C=C\CCC(=O)OC[C@H](COP(=O)(O)OP(=O)(O)OC[C@H]1O[C@@H](n2ccc(N)nc2=O)[C@H](O)[C@@H]1O)OC(=O)CCCCCCCCCCCCCCCCCCC(C)C. The van der Waals surface area contributed by atoms with Gasteiger partial charge in [-0.3, -0.25) is 23.2 Å². The van der Waals surface area contributed by atoms with Gasteiger partial charge in [-0.2, -0.15) is 9.29 Å². The van der Waals surface area contributed by atoms with E-state index >= 15 is 0 Å². The average Bonchev–Trinajstić information content (AvgIpc) is 4.07. The number of esters is 2. The minimum absolute atomic E-state index is 0.00226. The van der Waals surface area contributed by atoms with Gasteiger partial charge in [0.15, 0.2) is 12.3 Å². The van der Waals surface area contributed by atoms with Gasteiger partial charge in [-0.15, -0.1) is 0 Å². The Balaban J connectivity index is 1.38. The van der Waals surface area contributed by atoms with Crippen LogP contribution in [0.4, 0.5) is 5.82 Å². The van der Waals surface area contributed by atoms with E-state index in [0.717, 1.165) is 74.5 Å². The molecule has 1 aromatic rings. The molecular formula is C56H93N3O16P2. The number of rotatable bonds is 45. The van der Waals surface area contributed by atoms with Crippen molar-refractivity contribution in [1.29, 1.82) is 0 Å². The number of anilines is 1. The van der Waals surface area contributed by atoms with Crippen molar-refractivity contribution < 1.29 is 71.0 Å². The smallest absolute Gasteiger partial charge is 0.462 e. The predicted molar refractivity (Wildman–Crippen MR) is 297 cm³/mol. The highest BCUT2D eigenvalue weighted by atomic mass is 31.3. The summed E-state index contributed by atoms with van der Waals surface area (Å²) in [6.45, 7) is 4.32. The lowest BCUT2D eigenvalue weighted by molar-refractivity contribution is -0.161. The number of ether oxygens (including phenoxy) is 4. The van der Waals surface area contributed by atoms with E-state index in [0.29, 0.717) is 31.5 Å². The van der Waals surface area contributed by atoms with Crippen LogP contribution in [0.5, 0.6) is 0 Å². The van der Waals surface area contributed by atoms with E-state index in [-0.39, 0.29) is 18.7 Å². The van der Waals surface area contributed by atoms with Gasteiger partial charge in [-0.25, -0.2) is 13.9 Å². The third-order valence-electron chi connectivity index (χ3n) is 13.0.